The molecule has 0 nitrogen and oxygen atoms in total. The van der Waals surface area contributed by atoms with Crippen molar-refractivity contribution in [3.63, 3.8) is 0 Å². The van der Waals surface area contributed by atoms with Gasteiger partial charge in [0.05, 0.1) is 5.56 Å². The zero-order chi connectivity index (χ0) is 37.9. The van der Waals surface area contributed by atoms with Gasteiger partial charge in [0.25, 0.3) is 0 Å². The topological polar surface area (TPSA) is 0 Å². The molecule has 9 aromatic carbocycles. The van der Waals surface area contributed by atoms with Crippen molar-refractivity contribution in [2.75, 3.05) is 0 Å². The largest absolute Gasteiger partial charge is 0.206 e. The number of thiophene rings is 1. The number of fused-ring (bicyclic) bond motifs is 6. The SMILES string of the molecule is C=Cc1c(/C=C\C)c(-c2c(F)cccc2F)c2ccccc2c1-c1cccc2sc3ccc(-c4c5ccccc5c(-c5ccccc5)c5ccccc45)cc3c12. The number of hydrogen-bond acceptors (Lipinski definition) is 1. The van der Waals surface area contributed by atoms with Crippen molar-refractivity contribution in [3.05, 3.63) is 193 Å². The molecule has 10 aromatic rings. The van der Waals surface area contributed by atoms with Crippen LogP contribution in [-0.4, -0.2) is 0 Å². The third kappa shape index (κ3) is 5.16. The predicted octanol–water partition coefficient (Wildman–Crippen LogP) is 16.1. The normalized spacial score (nSPS) is 11.8. The van der Waals surface area contributed by atoms with Crippen LogP contribution in [-0.2, 0) is 0 Å². The quantitative estimate of drug-likeness (QED) is 0.149. The summed E-state index contributed by atoms with van der Waals surface area (Å²) in [6.45, 7) is 6.23. The number of allylic oxidation sites excluding steroid dienone is 1. The fraction of sp³-hybridized carbons (Fsp3) is 0.0189. The van der Waals surface area contributed by atoms with E-state index in [2.05, 4.69) is 128 Å². The molecule has 0 bridgehead atoms. The number of hydrogen-bond donors (Lipinski definition) is 0. The van der Waals surface area contributed by atoms with Crippen molar-refractivity contribution in [1.29, 1.82) is 0 Å². The summed E-state index contributed by atoms with van der Waals surface area (Å²) in [5.74, 6) is -1.20. The van der Waals surface area contributed by atoms with E-state index in [1.165, 1.54) is 65.8 Å². The summed E-state index contributed by atoms with van der Waals surface area (Å²) >= 11 is 1.78. The fourth-order valence-corrected chi connectivity index (χ4v) is 9.99. The van der Waals surface area contributed by atoms with E-state index < -0.39 is 11.6 Å². The Morgan fingerprint density at radius 1 is 0.446 bits per heavy atom. The average Bonchev–Trinajstić information content (AvgIpc) is 3.61. The van der Waals surface area contributed by atoms with Gasteiger partial charge in [-0.15, -0.1) is 11.3 Å². The van der Waals surface area contributed by atoms with Gasteiger partial charge in [0.15, 0.2) is 0 Å². The van der Waals surface area contributed by atoms with Gasteiger partial charge in [0, 0.05) is 25.7 Å². The number of rotatable bonds is 6. The highest BCUT2D eigenvalue weighted by Gasteiger charge is 2.25. The Morgan fingerprint density at radius 2 is 0.982 bits per heavy atom. The van der Waals surface area contributed by atoms with E-state index in [1.54, 1.807) is 11.3 Å². The second-order valence-corrected chi connectivity index (χ2v) is 15.2. The van der Waals surface area contributed by atoms with E-state index >= 15 is 8.78 Å². The molecule has 56 heavy (non-hydrogen) atoms. The molecule has 0 saturated carbocycles. The highest BCUT2D eigenvalue weighted by Crippen LogP contribution is 2.50. The molecule has 1 heterocycles. The van der Waals surface area contributed by atoms with Crippen LogP contribution in [0.5, 0.6) is 0 Å². The summed E-state index contributed by atoms with van der Waals surface area (Å²) < 4.78 is 33.7. The van der Waals surface area contributed by atoms with Crippen molar-refractivity contribution < 1.29 is 8.78 Å². The molecule has 0 amide bonds. The van der Waals surface area contributed by atoms with Gasteiger partial charge in [-0.3, -0.25) is 0 Å². The van der Waals surface area contributed by atoms with Gasteiger partial charge in [0.1, 0.15) is 11.6 Å². The lowest BCUT2D eigenvalue weighted by Crippen LogP contribution is -1.99. The summed E-state index contributed by atoms with van der Waals surface area (Å²) in [7, 11) is 0. The molecule has 0 aliphatic heterocycles. The zero-order valence-electron chi connectivity index (χ0n) is 30.6. The zero-order valence-corrected chi connectivity index (χ0v) is 31.4. The minimum Gasteiger partial charge on any atom is -0.206 e. The van der Waals surface area contributed by atoms with Crippen molar-refractivity contribution >= 4 is 76.0 Å². The summed E-state index contributed by atoms with van der Waals surface area (Å²) in [5, 5.41) is 8.83. The minimum atomic E-state index is -0.598. The molecule has 0 atom stereocenters. The average molecular weight is 741 g/mol. The minimum absolute atomic E-state index is 0.0342. The summed E-state index contributed by atoms with van der Waals surface area (Å²) in [6.07, 6.45) is 5.71. The van der Waals surface area contributed by atoms with E-state index in [9.17, 15) is 0 Å². The Kier molecular flexibility index (Phi) is 8.20. The standard InChI is InChI=1S/C53H34F2S/c1-3-16-35-34(4-2)50(40-23-12-13-24-41(40)52(35)53-44(54)26-15-27-45(53)55)42-25-14-28-47-51(42)43-31-33(29-30-46(43)56-47)49-38-21-10-8-19-36(38)48(32-17-6-5-7-18-32)37-20-9-11-22-39(37)49/h3-31H,2H2,1H3/b16-3-. The van der Waals surface area contributed by atoms with Crippen LogP contribution < -0.4 is 0 Å². The van der Waals surface area contributed by atoms with Gasteiger partial charge < -0.3 is 0 Å². The summed E-state index contributed by atoms with van der Waals surface area (Å²) in [6, 6.07) is 53.6. The lowest BCUT2D eigenvalue weighted by molar-refractivity contribution is 0.590. The lowest BCUT2D eigenvalue weighted by Gasteiger charge is -2.21. The smallest absolute Gasteiger partial charge is 0.134 e. The van der Waals surface area contributed by atoms with Gasteiger partial charge in [-0.2, -0.15) is 0 Å². The molecule has 0 radical (unpaired) electrons. The first-order chi connectivity index (χ1) is 27.6. The van der Waals surface area contributed by atoms with Crippen LogP contribution in [0.4, 0.5) is 8.78 Å². The Hall–Kier alpha value is -6.68. The maximum Gasteiger partial charge on any atom is 0.134 e. The summed E-state index contributed by atoms with van der Waals surface area (Å²) in [5.41, 5.74) is 8.88. The van der Waals surface area contributed by atoms with Crippen LogP contribution in [0.15, 0.2) is 170 Å². The molecule has 0 aliphatic rings. The van der Waals surface area contributed by atoms with E-state index in [0.29, 0.717) is 5.56 Å². The molecule has 0 fully saturated rings. The highest BCUT2D eigenvalue weighted by molar-refractivity contribution is 7.26. The van der Waals surface area contributed by atoms with Crippen LogP contribution in [0.25, 0.3) is 109 Å². The van der Waals surface area contributed by atoms with Gasteiger partial charge in [-0.05, 0) is 114 Å². The van der Waals surface area contributed by atoms with Crippen molar-refractivity contribution in [3.8, 4) is 44.5 Å². The maximum atomic E-state index is 15.7. The molecule has 10 rings (SSSR count). The Balaban J connectivity index is 1.30. The molecule has 1 aromatic heterocycles. The Bertz CT molecular complexity index is 3160. The molecule has 266 valence electrons. The van der Waals surface area contributed by atoms with Gasteiger partial charge in [-0.25, -0.2) is 8.78 Å². The first kappa shape index (κ1) is 33.9. The number of benzene rings is 9. The molecule has 3 heteroatoms. The molecule has 0 aliphatic carbocycles. The molecular weight excluding hydrogens is 707 g/mol. The third-order valence-electron chi connectivity index (χ3n) is 11.1. The van der Waals surface area contributed by atoms with Crippen LogP contribution in [0.2, 0.25) is 0 Å². The van der Waals surface area contributed by atoms with Gasteiger partial charge >= 0.3 is 0 Å². The third-order valence-corrected chi connectivity index (χ3v) is 12.2. The molecule has 0 N–H and O–H groups in total. The first-order valence-corrected chi connectivity index (χ1v) is 19.6. The Labute approximate surface area is 327 Å². The van der Waals surface area contributed by atoms with E-state index in [-0.39, 0.29) is 5.56 Å². The Morgan fingerprint density at radius 3 is 1.57 bits per heavy atom. The van der Waals surface area contributed by atoms with Crippen molar-refractivity contribution in [1.82, 2.24) is 0 Å². The number of halogens is 2. The molecule has 0 spiro atoms. The monoisotopic (exact) mass is 740 g/mol. The summed E-state index contributed by atoms with van der Waals surface area (Å²) in [4.78, 5) is 0. The first-order valence-electron chi connectivity index (χ1n) is 18.8. The molecule has 0 saturated heterocycles. The van der Waals surface area contributed by atoms with Crippen LogP contribution in [0.3, 0.4) is 0 Å². The van der Waals surface area contributed by atoms with Crippen LogP contribution in [0.1, 0.15) is 18.1 Å². The van der Waals surface area contributed by atoms with Crippen LogP contribution >= 0.6 is 11.3 Å². The molecule has 0 unspecified atom stereocenters. The van der Waals surface area contributed by atoms with Gasteiger partial charge in [-0.1, -0.05) is 152 Å². The van der Waals surface area contributed by atoms with E-state index in [0.717, 1.165) is 49.4 Å². The van der Waals surface area contributed by atoms with E-state index in [1.807, 2.05) is 43.4 Å². The fourth-order valence-electron chi connectivity index (χ4n) is 8.87. The second kappa shape index (κ2) is 13.6. The highest BCUT2D eigenvalue weighted by atomic mass is 32.1. The molecular formula is C53H34F2S. The van der Waals surface area contributed by atoms with Crippen molar-refractivity contribution in [2.24, 2.45) is 0 Å². The second-order valence-electron chi connectivity index (χ2n) is 14.1. The van der Waals surface area contributed by atoms with Crippen LogP contribution in [0, 0.1) is 11.6 Å². The van der Waals surface area contributed by atoms with Crippen molar-refractivity contribution in [2.45, 2.75) is 6.92 Å². The maximum absolute atomic E-state index is 15.7. The van der Waals surface area contributed by atoms with E-state index in [4.69, 9.17) is 0 Å². The predicted molar refractivity (Wildman–Crippen MR) is 238 cm³/mol. The lowest BCUT2D eigenvalue weighted by atomic mass is 9.82. The van der Waals surface area contributed by atoms with Gasteiger partial charge in [0.2, 0.25) is 0 Å².